The molecule has 6 aromatic rings. The van der Waals surface area contributed by atoms with Crippen LogP contribution in [0, 0.1) is 10.1 Å². The number of nitrogens with one attached hydrogen (secondary N) is 2. The van der Waals surface area contributed by atoms with Gasteiger partial charge in [0.05, 0.1) is 16.4 Å². The number of halogens is 1. The smallest absolute Gasteiger partial charge is 0.293 e. The molecule has 330 valence electrons. The van der Waals surface area contributed by atoms with Crippen LogP contribution in [0.1, 0.15) is 6.42 Å². The van der Waals surface area contributed by atoms with Crippen molar-refractivity contribution in [3.05, 3.63) is 143 Å². The van der Waals surface area contributed by atoms with E-state index in [0.717, 1.165) is 97.0 Å². The predicted octanol–water partition coefficient (Wildman–Crippen LogP) is 8.99. The first kappa shape index (κ1) is 45.4. The van der Waals surface area contributed by atoms with Gasteiger partial charge in [0.15, 0.2) is 0 Å². The highest BCUT2D eigenvalue weighted by Gasteiger charge is 2.25. The SMILES string of the molecule is CN(C)CC[C@@H](CSc1ccccc1)Nc1ccc(S(=O)(=O)Nc2ccc(N3CCN(c4cccc(-c5cn(CCN(C)C)nc5-c5ccc(Cl)cc5)c4)CC3)cc2)cc1[N+](=O)[O-]. The van der Waals surface area contributed by atoms with Crippen LogP contribution in [0.25, 0.3) is 22.4 Å². The number of rotatable bonds is 19. The highest BCUT2D eigenvalue weighted by atomic mass is 35.5. The molecule has 13 nitrogen and oxygen atoms in total. The summed E-state index contributed by atoms with van der Waals surface area (Å²) in [5.74, 6) is 0.676. The number of benzene rings is 5. The monoisotopic (exact) mass is 907 g/mol. The lowest BCUT2D eigenvalue weighted by atomic mass is 10.0. The number of piperazine rings is 1. The van der Waals surface area contributed by atoms with E-state index in [-0.39, 0.29) is 22.3 Å². The molecule has 0 amide bonds. The molecule has 1 saturated heterocycles. The van der Waals surface area contributed by atoms with Gasteiger partial charge in [0, 0.05) is 94.9 Å². The summed E-state index contributed by atoms with van der Waals surface area (Å²) in [4.78, 5) is 21.5. The Morgan fingerprint density at radius 1 is 0.794 bits per heavy atom. The maximum Gasteiger partial charge on any atom is 0.293 e. The zero-order valence-electron chi connectivity index (χ0n) is 36.0. The van der Waals surface area contributed by atoms with Gasteiger partial charge in [0.25, 0.3) is 15.7 Å². The van der Waals surface area contributed by atoms with Crippen molar-refractivity contribution in [1.82, 2.24) is 19.6 Å². The van der Waals surface area contributed by atoms with Crippen LogP contribution in [-0.4, -0.2) is 112 Å². The number of thioether (sulfide) groups is 1. The fraction of sp³-hybridized carbons (Fsp3) is 0.298. The minimum absolute atomic E-state index is 0.0979. The van der Waals surface area contributed by atoms with Crippen molar-refractivity contribution in [2.75, 3.05) is 93.1 Å². The summed E-state index contributed by atoms with van der Waals surface area (Å²) >= 11 is 7.89. The average Bonchev–Trinajstić information content (AvgIpc) is 3.72. The molecule has 1 fully saturated rings. The lowest BCUT2D eigenvalue weighted by Crippen LogP contribution is -2.46. The van der Waals surface area contributed by atoms with E-state index in [0.29, 0.717) is 16.5 Å². The number of hydrogen-bond acceptors (Lipinski definition) is 11. The van der Waals surface area contributed by atoms with E-state index in [1.54, 1.807) is 23.9 Å². The molecular formula is C47H54ClN9O4S2. The van der Waals surface area contributed by atoms with Gasteiger partial charge in [-0.05, 0) is 120 Å². The van der Waals surface area contributed by atoms with Crippen molar-refractivity contribution in [3.63, 3.8) is 0 Å². The van der Waals surface area contributed by atoms with E-state index in [1.165, 1.54) is 12.1 Å². The molecule has 0 spiro atoms. The Morgan fingerprint density at radius 2 is 1.48 bits per heavy atom. The van der Waals surface area contributed by atoms with Gasteiger partial charge in [-0.1, -0.05) is 54.1 Å². The molecule has 0 bridgehead atoms. The summed E-state index contributed by atoms with van der Waals surface area (Å²) in [5.41, 5.74) is 6.54. The molecule has 2 heterocycles. The van der Waals surface area contributed by atoms with Gasteiger partial charge in [0.1, 0.15) is 11.4 Å². The first-order chi connectivity index (χ1) is 30.3. The summed E-state index contributed by atoms with van der Waals surface area (Å²) in [6.07, 6.45) is 2.87. The summed E-state index contributed by atoms with van der Waals surface area (Å²) in [5, 5.41) is 21.3. The van der Waals surface area contributed by atoms with Crippen LogP contribution in [0.2, 0.25) is 5.02 Å². The van der Waals surface area contributed by atoms with Gasteiger partial charge in [-0.3, -0.25) is 19.5 Å². The third-order valence-corrected chi connectivity index (χ3v) is 13.7. The van der Waals surface area contributed by atoms with Crippen molar-refractivity contribution in [1.29, 1.82) is 0 Å². The fourth-order valence-electron chi connectivity index (χ4n) is 7.41. The molecule has 16 heteroatoms. The fourth-order valence-corrected chi connectivity index (χ4v) is 9.61. The van der Waals surface area contributed by atoms with Crippen LogP contribution in [0.5, 0.6) is 0 Å². The Labute approximate surface area is 379 Å². The van der Waals surface area contributed by atoms with Crippen LogP contribution >= 0.6 is 23.4 Å². The molecular weight excluding hydrogens is 854 g/mol. The van der Waals surface area contributed by atoms with Crippen LogP contribution < -0.4 is 19.8 Å². The molecule has 1 atom stereocenters. The van der Waals surface area contributed by atoms with Gasteiger partial charge in [0.2, 0.25) is 0 Å². The van der Waals surface area contributed by atoms with E-state index >= 15 is 0 Å². The molecule has 5 aromatic carbocycles. The number of nitrogens with zero attached hydrogens (tertiary/aromatic N) is 7. The summed E-state index contributed by atoms with van der Waals surface area (Å²) in [6, 6.07) is 37.6. The largest absolute Gasteiger partial charge is 0.376 e. The van der Waals surface area contributed by atoms with Gasteiger partial charge in [-0.15, -0.1) is 11.8 Å². The van der Waals surface area contributed by atoms with Gasteiger partial charge >= 0.3 is 0 Å². The molecule has 7 rings (SSSR count). The second kappa shape index (κ2) is 20.7. The topological polar surface area (TPSA) is 132 Å². The molecule has 0 radical (unpaired) electrons. The summed E-state index contributed by atoms with van der Waals surface area (Å²) in [7, 11) is 3.95. The molecule has 0 unspecified atom stereocenters. The Balaban J connectivity index is 0.987. The molecule has 63 heavy (non-hydrogen) atoms. The summed E-state index contributed by atoms with van der Waals surface area (Å²) < 4.78 is 31.8. The number of aromatic nitrogens is 2. The zero-order valence-corrected chi connectivity index (χ0v) is 38.4. The Hall–Kier alpha value is -5.58. The second-order valence-corrected chi connectivity index (χ2v) is 19.3. The van der Waals surface area contributed by atoms with Gasteiger partial charge < -0.3 is 24.9 Å². The van der Waals surface area contributed by atoms with Gasteiger partial charge in [-0.2, -0.15) is 5.10 Å². The van der Waals surface area contributed by atoms with Crippen molar-refractivity contribution >= 4 is 61.8 Å². The molecule has 0 aliphatic carbocycles. The van der Waals surface area contributed by atoms with Gasteiger partial charge in [-0.25, -0.2) is 8.42 Å². The van der Waals surface area contributed by atoms with Crippen molar-refractivity contribution in [2.24, 2.45) is 0 Å². The van der Waals surface area contributed by atoms with Crippen LogP contribution in [0.15, 0.2) is 137 Å². The number of likely N-dealkylation sites (N-methyl/N-ethyl adjacent to an activating group) is 1. The van der Waals surface area contributed by atoms with Crippen molar-refractivity contribution < 1.29 is 13.3 Å². The first-order valence-electron chi connectivity index (χ1n) is 20.9. The quantitative estimate of drug-likeness (QED) is 0.0459. The molecule has 0 saturated carbocycles. The lowest BCUT2D eigenvalue weighted by Gasteiger charge is -2.37. The minimum atomic E-state index is -4.13. The van der Waals surface area contributed by atoms with E-state index < -0.39 is 14.9 Å². The average molecular weight is 909 g/mol. The van der Waals surface area contributed by atoms with E-state index in [4.69, 9.17) is 16.7 Å². The normalized spacial score (nSPS) is 13.7. The maximum atomic E-state index is 13.6. The number of sulfonamides is 1. The third-order valence-electron chi connectivity index (χ3n) is 10.9. The maximum absolute atomic E-state index is 13.6. The zero-order chi connectivity index (χ0) is 44.5. The lowest BCUT2D eigenvalue weighted by molar-refractivity contribution is -0.384. The Bertz CT molecular complexity index is 2570. The molecule has 1 aliphatic rings. The van der Waals surface area contributed by atoms with Crippen molar-refractivity contribution in [2.45, 2.75) is 28.8 Å². The van der Waals surface area contributed by atoms with Crippen LogP contribution in [-0.2, 0) is 16.6 Å². The first-order valence-corrected chi connectivity index (χ1v) is 23.7. The summed E-state index contributed by atoms with van der Waals surface area (Å²) in [6.45, 7) is 5.58. The number of nitro benzene ring substituents is 1. The van der Waals surface area contributed by atoms with Crippen molar-refractivity contribution in [3.8, 4) is 22.4 Å². The predicted molar refractivity (Wildman–Crippen MR) is 259 cm³/mol. The van der Waals surface area contributed by atoms with E-state index in [9.17, 15) is 18.5 Å². The molecule has 1 aromatic heterocycles. The molecule has 1 aliphatic heterocycles. The highest BCUT2D eigenvalue weighted by molar-refractivity contribution is 7.99. The van der Waals surface area contributed by atoms with E-state index in [2.05, 4.69) is 74.2 Å². The van der Waals surface area contributed by atoms with E-state index in [1.807, 2.05) is 85.5 Å². The number of hydrogen-bond donors (Lipinski definition) is 2. The molecule has 2 N–H and O–H groups in total. The number of anilines is 4. The highest BCUT2D eigenvalue weighted by Crippen LogP contribution is 2.35. The Kier molecular flexibility index (Phi) is 15.0. The standard InChI is InChI=1S/C47H54ClN9O4S2/c1-52(2)24-23-39(34-62-42-11-6-5-7-12-42)49-45-22-21-43(32-46(45)57(58)59)63(60,61)51-38-17-19-40(20-18-38)54-26-28-55(29-27-54)41-10-8-9-36(31-41)44-33-56(30-25-53(3)4)50-47(44)35-13-15-37(48)16-14-35/h5-22,31-33,39,49,51H,23-30,34H2,1-4H3/t39-/m0/s1. The van der Waals surface area contributed by atoms with Crippen LogP contribution in [0.3, 0.4) is 0 Å². The van der Waals surface area contributed by atoms with Crippen LogP contribution in [0.4, 0.5) is 28.4 Å². The minimum Gasteiger partial charge on any atom is -0.376 e. The second-order valence-electron chi connectivity index (χ2n) is 16.1. The Morgan fingerprint density at radius 3 is 2.14 bits per heavy atom. The third kappa shape index (κ3) is 12.1. The number of nitro groups is 1.